The minimum atomic E-state index is -0.281. The van der Waals surface area contributed by atoms with Crippen LogP contribution in [-0.2, 0) is 11.3 Å². The fourth-order valence-corrected chi connectivity index (χ4v) is 2.98. The Morgan fingerprint density at radius 2 is 2.24 bits per heavy atom. The van der Waals surface area contributed by atoms with E-state index in [9.17, 15) is 9.59 Å². The number of carbonyl (C=O) groups is 2. The van der Waals surface area contributed by atoms with Crippen LogP contribution in [0.2, 0.25) is 0 Å². The number of hydrogen-bond donors (Lipinski definition) is 2. The van der Waals surface area contributed by atoms with Gasteiger partial charge in [-0.2, -0.15) is 5.10 Å². The Balaban J connectivity index is 1.58. The molecule has 1 aliphatic heterocycles. The topological polar surface area (TPSA) is 92.2 Å². The summed E-state index contributed by atoms with van der Waals surface area (Å²) in [6, 6.07) is 5.20. The molecule has 2 N–H and O–H groups in total. The second kappa shape index (κ2) is 7.33. The molecule has 0 bridgehead atoms. The zero-order chi connectivity index (χ0) is 17.8. The van der Waals surface area contributed by atoms with Crippen LogP contribution in [0.1, 0.15) is 25.3 Å². The quantitative estimate of drug-likeness (QED) is 0.868. The number of benzene rings is 1. The number of amides is 3. The fraction of sp³-hybridized carbons (Fsp3) is 0.412. The molecule has 0 aliphatic carbocycles. The number of hydrogen-bond acceptors (Lipinski definition) is 4. The maximum atomic E-state index is 12.1. The maximum Gasteiger partial charge on any atom is 0.319 e. The lowest BCUT2D eigenvalue weighted by atomic mass is 10.1. The van der Waals surface area contributed by atoms with Crippen molar-refractivity contribution in [3.63, 3.8) is 0 Å². The molecule has 8 heteroatoms. The van der Waals surface area contributed by atoms with E-state index in [4.69, 9.17) is 0 Å². The van der Waals surface area contributed by atoms with E-state index in [-0.39, 0.29) is 18.0 Å². The first kappa shape index (κ1) is 16.9. The Kier molecular flexibility index (Phi) is 4.97. The van der Waals surface area contributed by atoms with Crippen molar-refractivity contribution < 1.29 is 9.59 Å². The van der Waals surface area contributed by atoms with Crippen LogP contribution < -0.4 is 15.5 Å². The highest BCUT2D eigenvalue weighted by atomic mass is 16.2. The molecule has 1 aromatic carbocycles. The highest BCUT2D eigenvalue weighted by Gasteiger charge is 2.23. The van der Waals surface area contributed by atoms with Gasteiger partial charge in [0.25, 0.3) is 0 Å². The Morgan fingerprint density at radius 3 is 2.88 bits per heavy atom. The van der Waals surface area contributed by atoms with E-state index in [1.807, 2.05) is 32.0 Å². The van der Waals surface area contributed by atoms with Crippen molar-refractivity contribution in [3.05, 3.63) is 36.4 Å². The van der Waals surface area contributed by atoms with Crippen molar-refractivity contribution in [3.8, 4) is 0 Å². The number of rotatable bonds is 5. The van der Waals surface area contributed by atoms with Gasteiger partial charge in [0.15, 0.2) is 0 Å². The molecule has 0 radical (unpaired) electrons. The molecule has 3 rings (SSSR count). The molecule has 0 unspecified atom stereocenters. The highest BCUT2D eigenvalue weighted by Crippen LogP contribution is 2.27. The van der Waals surface area contributed by atoms with Crippen LogP contribution >= 0.6 is 0 Å². The Bertz CT molecular complexity index is 759. The molecule has 3 amide bonds. The van der Waals surface area contributed by atoms with Crippen LogP contribution in [0.5, 0.6) is 0 Å². The van der Waals surface area contributed by atoms with E-state index in [0.29, 0.717) is 18.7 Å². The zero-order valence-electron chi connectivity index (χ0n) is 14.4. The molecule has 1 aromatic heterocycles. The second-order valence-corrected chi connectivity index (χ2v) is 6.27. The molecular formula is C17H22N6O2. The maximum absolute atomic E-state index is 12.1. The summed E-state index contributed by atoms with van der Waals surface area (Å²) >= 11 is 0. The van der Waals surface area contributed by atoms with Crippen LogP contribution in [0.3, 0.4) is 0 Å². The Morgan fingerprint density at radius 1 is 1.40 bits per heavy atom. The van der Waals surface area contributed by atoms with E-state index >= 15 is 0 Å². The van der Waals surface area contributed by atoms with Gasteiger partial charge >= 0.3 is 6.03 Å². The average Bonchev–Trinajstić information content (AvgIpc) is 3.19. The van der Waals surface area contributed by atoms with Crippen molar-refractivity contribution >= 4 is 23.3 Å². The number of carbonyl (C=O) groups excluding carboxylic acids is 2. The van der Waals surface area contributed by atoms with Gasteiger partial charge in [-0.15, -0.1) is 0 Å². The standard InChI is InChI=1S/C17H22N6O2/c1-12-8-14(5-6-15(12)23-7-3-4-16(23)24)21-17(25)20-13(2)9-22-11-18-10-19-22/h5-6,8,10-11,13H,3-4,7,9H2,1-2H3,(H2,20,21,25)/t13-/m1/s1. The summed E-state index contributed by atoms with van der Waals surface area (Å²) in [5.41, 5.74) is 2.56. The van der Waals surface area contributed by atoms with Crippen LogP contribution in [0, 0.1) is 6.92 Å². The number of nitrogens with one attached hydrogen (secondary N) is 2. The molecule has 0 saturated carbocycles. The molecule has 2 aromatic rings. The Hall–Kier alpha value is -2.90. The van der Waals surface area contributed by atoms with E-state index < -0.39 is 0 Å². The van der Waals surface area contributed by atoms with Gasteiger partial charge in [-0.05, 0) is 44.0 Å². The van der Waals surface area contributed by atoms with Gasteiger partial charge in [0.1, 0.15) is 12.7 Å². The molecule has 8 nitrogen and oxygen atoms in total. The second-order valence-electron chi connectivity index (χ2n) is 6.27. The summed E-state index contributed by atoms with van der Waals surface area (Å²) in [6.07, 6.45) is 4.57. The van der Waals surface area contributed by atoms with Crippen molar-refractivity contribution in [1.82, 2.24) is 20.1 Å². The number of urea groups is 1. The van der Waals surface area contributed by atoms with Crippen molar-refractivity contribution in [1.29, 1.82) is 0 Å². The third-order valence-electron chi connectivity index (χ3n) is 4.12. The van der Waals surface area contributed by atoms with Crippen LogP contribution in [0.4, 0.5) is 16.2 Å². The number of nitrogens with zero attached hydrogens (tertiary/aromatic N) is 4. The van der Waals surface area contributed by atoms with Crippen molar-refractivity contribution in [2.75, 3.05) is 16.8 Å². The smallest absolute Gasteiger partial charge is 0.319 e. The third kappa shape index (κ3) is 4.14. The largest absolute Gasteiger partial charge is 0.334 e. The summed E-state index contributed by atoms with van der Waals surface area (Å²) in [4.78, 5) is 29.7. The number of aryl methyl sites for hydroxylation is 1. The molecule has 1 saturated heterocycles. The van der Waals surface area contributed by atoms with Crippen LogP contribution in [0.15, 0.2) is 30.9 Å². The molecule has 1 fully saturated rings. The van der Waals surface area contributed by atoms with Crippen LogP contribution in [0.25, 0.3) is 0 Å². The van der Waals surface area contributed by atoms with Gasteiger partial charge in [-0.25, -0.2) is 9.78 Å². The lowest BCUT2D eigenvalue weighted by molar-refractivity contribution is -0.117. The summed E-state index contributed by atoms with van der Waals surface area (Å²) in [6.45, 7) is 5.14. The van der Waals surface area contributed by atoms with Crippen molar-refractivity contribution in [2.45, 2.75) is 39.3 Å². The average molecular weight is 342 g/mol. The van der Waals surface area contributed by atoms with E-state index in [1.165, 1.54) is 6.33 Å². The van der Waals surface area contributed by atoms with Gasteiger partial charge in [0.05, 0.1) is 6.54 Å². The summed E-state index contributed by atoms with van der Waals surface area (Å²) in [5, 5.41) is 9.70. The predicted octanol–water partition coefficient (Wildman–Crippen LogP) is 1.92. The van der Waals surface area contributed by atoms with E-state index in [1.54, 1.807) is 15.9 Å². The first-order chi connectivity index (χ1) is 12.0. The summed E-state index contributed by atoms with van der Waals surface area (Å²) in [5.74, 6) is 0.156. The van der Waals surface area contributed by atoms with Crippen LogP contribution in [-0.4, -0.2) is 39.3 Å². The third-order valence-corrected chi connectivity index (χ3v) is 4.12. The van der Waals surface area contributed by atoms with Gasteiger partial charge < -0.3 is 15.5 Å². The molecule has 1 atom stereocenters. The predicted molar refractivity (Wildman–Crippen MR) is 94.4 cm³/mol. The van der Waals surface area contributed by atoms with Gasteiger partial charge in [0, 0.05) is 30.4 Å². The number of aromatic nitrogens is 3. The lowest BCUT2D eigenvalue weighted by Crippen LogP contribution is -2.38. The van der Waals surface area contributed by atoms with E-state index in [2.05, 4.69) is 20.7 Å². The summed E-state index contributed by atoms with van der Waals surface area (Å²) in [7, 11) is 0. The fourth-order valence-electron chi connectivity index (χ4n) is 2.98. The first-order valence-corrected chi connectivity index (χ1v) is 8.34. The molecule has 2 heterocycles. The minimum Gasteiger partial charge on any atom is -0.334 e. The van der Waals surface area contributed by atoms with E-state index in [0.717, 1.165) is 24.2 Å². The SMILES string of the molecule is Cc1cc(NC(=O)N[C@H](C)Cn2cncn2)ccc1N1CCCC1=O. The zero-order valence-corrected chi connectivity index (χ0v) is 14.4. The molecule has 25 heavy (non-hydrogen) atoms. The first-order valence-electron chi connectivity index (χ1n) is 8.34. The van der Waals surface area contributed by atoms with Gasteiger partial charge in [-0.3, -0.25) is 9.48 Å². The van der Waals surface area contributed by atoms with Crippen molar-refractivity contribution in [2.24, 2.45) is 0 Å². The molecular weight excluding hydrogens is 320 g/mol. The summed E-state index contributed by atoms with van der Waals surface area (Å²) < 4.78 is 1.66. The number of anilines is 2. The molecule has 132 valence electrons. The molecule has 0 spiro atoms. The lowest BCUT2D eigenvalue weighted by Gasteiger charge is -2.19. The Labute approximate surface area is 146 Å². The molecule has 1 aliphatic rings. The monoisotopic (exact) mass is 342 g/mol. The van der Waals surface area contributed by atoms with Gasteiger partial charge in [-0.1, -0.05) is 0 Å². The highest BCUT2D eigenvalue weighted by molar-refractivity contribution is 5.96. The minimum absolute atomic E-state index is 0.0932. The van der Waals surface area contributed by atoms with Gasteiger partial charge in [0.2, 0.25) is 5.91 Å². The normalized spacial score (nSPS) is 15.3.